The highest BCUT2D eigenvalue weighted by atomic mass is 16.5. The molecule has 0 heterocycles. The zero-order valence-corrected chi connectivity index (χ0v) is 8.68. The van der Waals surface area contributed by atoms with Crippen molar-refractivity contribution in [3.8, 4) is 0 Å². The third kappa shape index (κ3) is 6.38. The van der Waals surface area contributed by atoms with Gasteiger partial charge in [-0.1, -0.05) is 13.0 Å². The molecule has 0 radical (unpaired) electrons. The Kier molecular flexibility index (Phi) is 6.03. The maximum Gasteiger partial charge on any atom is 0.102 e. The molecule has 0 N–H and O–H groups in total. The highest BCUT2D eigenvalue weighted by Crippen LogP contribution is 1.98. The molecule has 0 amide bonds. The van der Waals surface area contributed by atoms with E-state index in [2.05, 4.69) is 27.6 Å². The van der Waals surface area contributed by atoms with Crippen LogP contribution in [0.25, 0.3) is 0 Å². The molecule has 0 aliphatic heterocycles. The second-order valence-electron chi connectivity index (χ2n) is 3.75. The molecule has 0 aliphatic rings. The van der Waals surface area contributed by atoms with Crippen LogP contribution < -0.4 is 0 Å². The lowest BCUT2D eigenvalue weighted by Crippen LogP contribution is -2.42. The minimum Gasteiger partial charge on any atom is -0.372 e. The van der Waals surface area contributed by atoms with Gasteiger partial charge in [0.25, 0.3) is 0 Å². The standard InChI is InChI=1S/C10H22NO/c1-5-7-11(3,4)8-10-12-9-6-2/h6H,2,5,7-10H2,1,3-4H3/q+1. The molecule has 2 nitrogen and oxygen atoms in total. The molecular formula is C10H22NO+. The van der Waals surface area contributed by atoms with Crippen molar-refractivity contribution in [3.05, 3.63) is 12.7 Å². The fraction of sp³-hybridized carbons (Fsp3) is 0.800. The van der Waals surface area contributed by atoms with Crippen LogP contribution in [-0.4, -0.2) is 44.9 Å². The average Bonchev–Trinajstić information content (AvgIpc) is 1.98. The smallest absolute Gasteiger partial charge is 0.102 e. The molecular weight excluding hydrogens is 150 g/mol. The summed E-state index contributed by atoms with van der Waals surface area (Å²) in [7, 11) is 4.47. The van der Waals surface area contributed by atoms with Gasteiger partial charge in [-0.2, -0.15) is 0 Å². The quantitative estimate of drug-likeness (QED) is 0.322. The molecule has 0 bridgehead atoms. The third-order valence-corrected chi connectivity index (χ3v) is 1.91. The van der Waals surface area contributed by atoms with Crippen molar-refractivity contribution in [1.29, 1.82) is 0 Å². The van der Waals surface area contributed by atoms with Crippen molar-refractivity contribution >= 4 is 0 Å². The number of ether oxygens (including phenoxy) is 1. The second-order valence-corrected chi connectivity index (χ2v) is 3.75. The monoisotopic (exact) mass is 172 g/mol. The first kappa shape index (κ1) is 11.7. The van der Waals surface area contributed by atoms with Gasteiger partial charge in [0.1, 0.15) is 6.54 Å². The van der Waals surface area contributed by atoms with Crippen LogP contribution >= 0.6 is 0 Å². The Morgan fingerprint density at radius 1 is 1.33 bits per heavy atom. The van der Waals surface area contributed by atoms with Crippen LogP contribution in [-0.2, 0) is 4.74 Å². The molecule has 0 atom stereocenters. The zero-order valence-electron chi connectivity index (χ0n) is 8.68. The maximum atomic E-state index is 5.33. The predicted octanol–water partition coefficient (Wildman–Crippen LogP) is 1.68. The highest BCUT2D eigenvalue weighted by molar-refractivity contribution is 4.63. The Morgan fingerprint density at radius 2 is 2.00 bits per heavy atom. The summed E-state index contributed by atoms with van der Waals surface area (Å²) in [6, 6.07) is 0. The van der Waals surface area contributed by atoms with E-state index in [4.69, 9.17) is 4.74 Å². The van der Waals surface area contributed by atoms with E-state index < -0.39 is 0 Å². The Hall–Kier alpha value is -0.340. The zero-order chi connectivity index (χ0) is 9.45. The molecule has 0 saturated heterocycles. The number of likely N-dealkylation sites (N-methyl/N-ethyl adjacent to an activating group) is 1. The Morgan fingerprint density at radius 3 is 2.50 bits per heavy atom. The van der Waals surface area contributed by atoms with Crippen molar-refractivity contribution < 1.29 is 9.22 Å². The molecule has 2 heteroatoms. The second kappa shape index (κ2) is 6.21. The average molecular weight is 172 g/mol. The summed E-state index contributed by atoms with van der Waals surface area (Å²) in [5.41, 5.74) is 0. The highest BCUT2D eigenvalue weighted by Gasteiger charge is 2.11. The van der Waals surface area contributed by atoms with E-state index in [1.807, 2.05) is 0 Å². The fourth-order valence-electron chi connectivity index (χ4n) is 1.20. The maximum absolute atomic E-state index is 5.33. The Balaban J connectivity index is 3.39. The number of quaternary nitrogens is 1. The lowest BCUT2D eigenvalue weighted by molar-refractivity contribution is -0.890. The summed E-state index contributed by atoms with van der Waals surface area (Å²) in [6.45, 7) is 9.62. The number of hydrogen-bond donors (Lipinski definition) is 0. The summed E-state index contributed by atoms with van der Waals surface area (Å²) in [5, 5.41) is 0. The van der Waals surface area contributed by atoms with Crippen molar-refractivity contribution in [3.63, 3.8) is 0 Å². The van der Waals surface area contributed by atoms with E-state index >= 15 is 0 Å². The molecule has 0 saturated carbocycles. The van der Waals surface area contributed by atoms with E-state index in [9.17, 15) is 0 Å². The first-order chi connectivity index (χ1) is 5.62. The van der Waals surface area contributed by atoms with Gasteiger partial charge in [-0.05, 0) is 6.42 Å². The molecule has 72 valence electrons. The van der Waals surface area contributed by atoms with Gasteiger partial charge < -0.3 is 9.22 Å². The SMILES string of the molecule is C=CCOCC[N+](C)(C)CCC. The van der Waals surface area contributed by atoms with Crippen LogP contribution in [0.1, 0.15) is 13.3 Å². The van der Waals surface area contributed by atoms with Crippen molar-refractivity contribution in [2.24, 2.45) is 0 Å². The van der Waals surface area contributed by atoms with Gasteiger partial charge in [0.2, 0.25) is 0 Å². The van der Waals surface area contributed by atoms with Crippen molar-refractivity contribution in [1.82, 2.24) is 0 Å². The van der Waals surface area contributed by atoms with Gasteiger partial charge in [-0.25, -0.2) is 0 Å². The molecule has 0 rings (SSSR count). The first-order valence-corrected chi connectivity index (χ1v) is 4.63. The summed E-state index contributed by atoms with van der Waals surface area (Å²) in [4.78, 5) is 0. The molecule has 0 fully saturated rings. The predicted molar refractivity (Wildman–Crippen MR) is 53.1 cm³/mol. The first-order valence-electron chi connectivity index (χ1n) is 4.63. The van der Waals surface area contributed by atoms with Crippen LogP contribution in [0.5, 0.6) is 0 Å². The van der Waals surface area contributed by atoms with E-state index in [0.717, 1.165) is 17.6 Å². The molecule has 0 aromatic carbocycles. The topological polar surface area (TPSA) is 9.23 Å². The largest absolute Gasteiger partial charge is 0.372 e. The molecule has 0 aromatic heterocycles. The van der Waals surface area contributed by atoms with Crippen LogP contribution in [0.4, 0.5) is 0 Å². The lowest BCUT2D eigenvalue weighted by Gasteiger charge is -2.29. The minimum atomic E-state index is 0.673. The van der Waals surface area contributed by atoms with Gasteiger partial charge in [-0.3, -0.25) is 0 Å². The summed E-state index contributed by atoms with van der Waals surface area (Å²) < 4.78 is 6.38. The lowest BCUT2D eigenvalue weighted by atomic mass is 10.4. The molecule has 0 unspecified atom stereocenters. The van der Waals surface area contributed by atoms with Crippen molar-refractivity contribution in [2.45, 2.75) is 13.3 Å². The number of rotatable bonds is 7. The third-order valence-electron chi connectivity index (χ3n) is 1.91. The van der Waals surface area contributed by atoms with Crippen LogP contribution in [0.15, 0.2) is 12.7 Å². The molecule has 0 aromatic rings. The van der Waals surface area contributed by atoms with Gasteiger partial charge >= 0.3 is 0 Å². The fourth-order valence-corrected chi connectivity index (χ4v) is 1.20. The Bertz CT molecular complexity index is 121. The molecule has 12 heavy (non-hydrogen) atoms. The summed E-state index contributed by atoms with van der Waals surface area (Å²) >= 11 is 0. The normalized spacial score (nSPS) is 11.6. The minimum absolute atomic E-state index is 0.673. The van der Waals surface area contributed by atoms with Crippen LogP contribution in [0, 0.1) is 0 Å². The number of hydrogen-bond acceptors (Lipinski definition) is 1. The van der Waals surface area contributed by atoms with Crippen molar-refractivity contribution in [2.75, 3.05) is 40.4 Å². The van der Waals surface area contributed by atoms with Crippen LogP contribution in [0.3, 0.4) is 0 Å². The van der Waals surface area contributed by atoms with E-state index in [0.29, 0.717) is 6.61 Å². The van der Waals surface area contributed by atoms with E-state index in [-0.39, 0.29) is 0 Å². The van der Waals surface area contributed by atoms with Gasteiger partial charge in [0.05, 0.1) is 33.9 Å². The van der Waals surface area contributed by atoms with Gasteiger partial charge in [-0.15, -0.1) is 6.58 Å². The summed E-state index contributed by atoms with van der Waals surface area (Å²) in [6.07, 6.45) is 3.02. The van der Waals surface area contributed by atoms with Crippen LogP contribution in [0.2, 0.25) is 0 Å². The Labute approximate surface area is 76.4 Å². The van der Waals surface area contributed by atoms with Gasteiger partial charge in [0.15, 0.2) is 0 Å². The summed E-state index contributed by atoms with van der Waals surface area (Å²) in [5.74, 6) is 0. The number of nitrogens with zero attached hydrogens (tertiary/aromatic N) is 1. The molecule has 0 aliphatic carbocycles. The van der Waals surface area contributed by atoms with Gasteiger partial charge in [0, 0.05) is 0 Å². The molecule has 0 spiro atoms. The van der Waals surface area contributed by atoms with E-state index in [1.165, 1.54) is 13.0 Å². The van der Waals surface area contributed by atoms with E-state index in [1.54, 1.807) is 6.08 Å².